The molecule has 0 aromatic heterocycles. The van der Waals surface area contributed by atoms with E-state index in [0.717, 1.165) is 0 Å². The maximum atomic E-state index is 2.41. The fraction of sp³-hybridized carbons (Fsp3) is 0.125. The first-order valence-corrected chi connectivity index (χ1v) is 12.4. The monoisotopic (exact) mass is 453 g/mol. The van der Waals surface area contributed by atoms with Crippen molar-refractivity contribution >= 4 is 18.4 Å². The van der Waals surface area contributed by atoms with Gasteiger partial charge in [-0.1, -0.05) is 0 Å². The minimum atomic E-state index is -0.558. The van der Waals surface area contributed by atoms with E-state index in [0.29, 0.717) is 5.92 Å². The first-order chi connectivity index (χ1) is 12.7. The number of hydrogen-bond donors (Lipinski definition) is 0. The van der Waals surface area contributed by atoms with Gasteiger partial charge in [-0.15, -0.1) is 0 Å². The van der Waals surface area contributed by atoms with Gasteiger partial charge >= 0.3 is 167 Å². The summed E-state index contributed by atoms with van der Waals surface area (Å²) in [4.78, 5) is 1.58. The van der Waals surface area contributed by atoms with Crippen LogP contribution in [0, 0.1) is 15.3 Å². The van der Waals surface area contributed by atoms with Crippen LogP contribution >= 0.6 is 0 Å². The molecule has 0 bridgehead atoms. The average Bonchev–Trinajstić information content (AvgIpc) is 3.21. The van der Waals surface area contributed by atoms with E-state index in [2.05, 4.69) is 106 Å². The second-order valence-corrected chi connectivity index (χ2v) is 10.7. The van der Waals surface area contributed by atoms with Gasteiger partial charge in [0.15, 0.2) is 0 Å². The van der Waals surface area contributed by atoms with Gasteiger partial charge < -0.3 is 24.8 Å². The van der Waals surface area contributed by atoms with Crippen LogP contribution in [0.1, 0.15) is 28.2 Å². The second-order valence-electron chi connectivity index (χ2n) is 7.34. The minimum absolute atomic E-state index is 0. The summed E-state index contributed by atoms with van der Waals surface area (Å²) in [5, 5.41) is 4.21. The summed E-state index contributed by atoms with van der Waals surface area (Å²) >= 11 is 2.31. The molecule has 137 valence electrons. The van der Waals surface area contributed by atoms with Gasteiger partial charge in [0.25, 0.3) is 0 Å². The van der Waals surface area contributed by atoms with E-state index in [9.17, 15) is 0 Å². The molecule has 4 heteroatoms. The molecule has 0 fully saturated rings. The predicted molar refractivity (Wildman–Crippen MR) is 106 cm³/mol. The Bertz CT molecular complexity index is 1320. The summed E-state index contributed by atoms with van der Waals surface area (Å²) in [5.74, 6) is 0.375. The summed E-state index contributed by atoms with van der Waals surface area (Å²) in [6.45, 7) is 4.83. The Labute approximate surface area is 191 Å². The zero-order valence-electron chi connectivity index (χ0n) is 15.8. The molecule has 3 aromatic rings. The first-order valence-electron chi connectivity index (χ1n) is 9.10. The number of benzene rings is 3. The van der Waals surface area contributed by atoms with Gasteiger partial charge in [0.05, 0.1) is 0 Å². The minimum Gasteiger partial charge on any atom is -1.00 e. The molecule has 0 aliphatic heterocycles. The van der Waals surface area contributed by atoms with E-state index in [1.165, 1.54) is 36.2 Å². The molecule has 2 aliphatic rings. The molecule has 0 saturated heterocycles. The Morgan fingerprint density at radius 3 is 2.21 bits per heavy atom. The van der Waals surface area contributed by atoms with Crippen molar-refractivity contribution in [2.24, 2.45) is 0 Å². The van der Waals surface area contributed by atoms with Gasteiger partial charge in [0.1, 0.15) is 0 Å². The standard InChI is InChI=1S/C24H19Si.2ClH.Ti/c1-25(2)23-14-13-20-19-10-6-4-8-17(19)15-22(20)24(23)21-12-11-16-7-3-5-9-18(16)21;;;/h3-14,21H,1-2H3;2*1H;/q;;;+2/p-2. The predicted octanol–water partition coefficient (Wildman–Crippen LogP) is -1.26. The molecule has 0 saturated carbocycles. The van der Waals surface area contributed by atoms with Crippen molar-refractivity contribution in [2.75, 3.05) is 0 Å². The normalized spacial score (nSPS) is 15.3. The third kappa shape index (κ3) is 3.14. The van der Waals surface area contributed by atoms with E-state index in [1.807, 2.05) is 0 Å². The Kier molecular flexibility index (Phi) is 6.34. The van der Waals surface area contributed by atoms with Crippen molar-refractivity contribution in [3.63, 3.8) is 0 Å². The van der Waals surface area contributed by atoms with E-state index in [-0.39, 0.29) is 24.8 Å². The summed E-state index contributed by atoms with van der Waals surface area (Å²) in [6, 6.07) is 22.5. The third-order valence-electron chi connectivity index (χ3n) is 5.63. The number of halogens is 2. The Morgan fingerprint density at radius 1 is 0.786 bits per heavy atom. The molecule has 0 amide bonds. The maximum absolute atomic E-state index is 2.41. The fourth-order valence-electron chi connectivity index (χ4n) is 4.44. The van der Waals surface area contributed by atoms with Crippen molar-refractivity contribution in [2.45, 2.75) is 19.0 Å². The van der Waals surface area contributed by atoms with Crippen LogP contribution in [-0.2, 0) is 20.4 Å². The molecule has 0 heterocycles. The zero-order valence-corrected chi connectivity index (χ0v) is 19.8. The van der Waals surface area contributed by atoms with Crippen LogP contribution in [0.3, 0.4) is 0 Å². The Morgan fingerprint density at radius 2 is 1.46 bits per heavy atom. The van der Waals surface area contributed by atoms with Gasteiger partial charge in [-0.25, -0.2) is 0 Å². The molecule has 1 atom stereocenters. The number of allylic oxidation sites excluding steroid dienone is 1. The molecule has 0 N–H and O–H groups in total. The Balaban J connectivity index is 0.00000112. The van der Waals surface area contributed by atoms with Crippen molar-refractivity contribution in [1.82, 2.24) is 0 Å². The fourth-order valence-corrected chi connectivity index (χ4v) is 6.44. The van der Waals surface area contributed by atoms with E-state index in [1.54, 1.807) is 10.4 Å². The van der Waals surface area contributed by atoms with Gasteiger partial charge in [-0.3, -0.25) is 0 Å². The summed E-state index contributed by atoms with van der Waals surface area (Å²) in [5.41, 5.74) is 5.86. The molecular formula is C24H19Cl2SiTi. The molecule has 2 aliphatic carbocycles. The van der Waals surface area contributed by atoms with Crippen LogP contribution in [0.2, 0.25) is 13.1 Å². The van der Waals surface area contributed by atoms with Crippen molar-refractivity contribution in [1.29, 1.82) is 0 Å². The van der Waals surface area contributed by atoms with Crippen LogP contribution in [0.4, 0.5) is 0 Å². The largest absolute Gasteiger partial charge is 1.00 e. The van der Waals surface area contributed by atoms with E-state index in [4.69, 9.17) is 0 Å². The molecule has 28 heavy (non-hydrogen) atoms. The molecule has 0 spiro atoms. The number of hydrogen-bond acceptors (Lipinski definition) is 0. The van der Waals surface area contributed by atoms with Gasteiger partial charge in [-0.2, -0.15) is 0 Å². The first kappa shape index (κ1) is 21.5. The van der Waals surface area contributed by atoms with Gasteiger partial charge in [-0.05, 0) is 0 Å². The van der Waals surface area contributed by atoms with E-state index < -0.39 is 8.41 Å². The molecule has 0 nitrogen and oxygen atoms in total. The summed E-state index contributed by atoms with van der Waals surface area (Å²) in [6.07, 6.45) is 4.71. The van der Waals surface area contributed by atoms with Crippen LogP contribution < -0.4 is 30.0 Å². The molecule has 1 unspecified atom stereocenters. The summed E-state index contributed by atoms with van der Waals surface area (Å²) < 4.78 is 1.44. The quantitative estimate of drug-likeness (QED) is 0.403. The van der Waals surface area contributed by atoms with E-state index >= 15 is 0 Å². The molecule has 3 aromatic carbocycles. The smallest absolute Gasteiger partial charge is 1.00 e. The second kappa shape index (κ2) is 8.26. The van der Waals surface area contributed by atoms with Crippen molar-refractivity contribution < 1.29 is 45.2 Å². The number of rotatable bonds is 1. The molecule has 5 rings (SSSR count). The average molecular weight is 454 g/mol. The van der Waals surface area contributed by atoms with Crippen LogP contribution in [0.15, 0.2) is 66.7 Å². The van der Waals surface area contributed by atoms with Crippen molar-refractivity contribution in [3.05, 3.63) is 109 Å². The van der Waals surface area contributed by atoms with Crippen LogP contribution in [0.5, 0.6) is 0 Å². The topological polar surface area (TPSA) is 0 Å². The van der Waals surface area contributed by atoms with Crippen LogP contribution in [0.25, 0.3) is 9.95 Å². The molecule has 0 radical (unpaired) electrons. The molecular weight excluding hydrogens is 435 g/mol. The summed E-state index contributed by atoms with van der Waals surface area (Å²) in [7, 11) is -0.558. The van der Waals surface area contributed by atoms with Crippen molar-refractivity contribution in [3.8, 4) is 0 Å². The van der Waals surface area contributed by atoms with Crippen LogP contribution in [-0.4, -0.2) is 8.41 Å². The number of fused-ring (bicyclic) bond motifs is 3. The Hall–Kier alpha value is -1.22. The zero-order chi connectivity index (χ0) is 17.8. The maximum Gasteiger partial charge on any atom is -1.00 e. The third-order valence-corrected chi connectivity index (χ3v) is 7.96. The SMILES string of the molecule is C[Si](C)=c1ccc2c(c1C1C=Cc3ccccc31)[C]([Ti+2])=c1ccccc1=2.[Cl-].[Cl-]. The van der Waals surface area contributed by atoms with Gasteiger partial charge in [0.2, 0.25) is 0 Å². The van der Waals surface area contributed by atoms with Gasteiger partial charge in [0, 0.05) is 0 Å².